The van der Waals surface area contributed by atoms with Gasteiger partial charge in [-0.2, -0.15) is 0 Å². The molecule has 2 fully saturated rings. The van der Waals surface area contributed by atoms with Gasteiger partial charge >= 0.3 is 0 Å². The maximum atomic E-state index is 10.1. The van der Waals surface area contributed by atoms with Crippen LogP contribution in [0.3, 0.4) is 0 Å². The van der Waals surface area contributed by atoms with E-state index < -0.39 is 0 Å². The van der Waals surface area contributed by atoms with Crippen molar-refractivity contribution in [1.82, 2.24) is 0 Å². The Morgan fingerprint density at radius 2 is 1.76 bits per heavy atom. The molecule has 0 aliphatic heterocycles. The Bertz CT molecular complexity index is 752. The predicted molar refractivity (Wildman–Crippen MR) is 123 cm³/mol. The third kappa shape index (κ3) is 3.42. The van der Waals surface area contributed by atoms with Gasteiger partial charge in [0.15, 0.2) is 0 Å². The van der Waals surface area contributed by atoms with Gasteiger partial charge in [-0.15, -0.1) is 0 Å². The molecule has 0 aromatic heterocycles. The van der Waals surface area contributed by atoms with Gasteiger partial charge in [0.1, 0.15) is 0 Å². The van der Waals surface area contributed by atoms with Gasteiger partial charge in [-0.1, -0.05) is 89.1 Å². The molecule has 0 aromatic rings. The predicted octanol–water partition coefficient (Wildman–Crippen LogP) is 7.11. The van der Waals surface area contributed by atoms with Gasteiger partial charge < -0.3 is 5.11 Å². The van der Waals surface area contributed by atoms with E-state index in [0.29, 0.717) is 23.2 Å². The Balaban J connectivity index is 1.58. The van der Waals surface area contributed by atoms with Crippen molar-refractivity contribution in [2.45, 2.75) is 79.8 Å². The maximum absolute atomic E-state index is 10.1. The van der Waals surface area contributed by atoms with Crippen LogP contribution in [0.25, 0.3) is 0 Å². The summed E-state index contributed by atoms with van der Waals surface area (Å²) in [6.07, 6.45) is 20.1. The summed E-state index contributed by atoms with van der Waals surface area (Å²) in [7, 11) is 0. The molecule has 4 aliphatic rings. The van der Waals surface area contributed by atoms with E-state index in [0.717, 1.165) is 24.2 Å². The van der Waals surface area contributed by atoms with Crippen molar-refractivity contribution in [1.29, 1.82) is 0 Å². The van der Waals surface area contributed by atoms with Crippen molar-refractivity contribution in [3.05, 3.63) is 47.6 Å². The normalized spacial score (nSPS) is 43.4. The second kappa shape index (κ2) is 7.56. The van der Waals surface area contributed by atoms with E-state index in [4.69, 9.17) is 0 Å². The molecular formula is C28H42O. The first-order valence-corrected chi connectivity index (χ1v) is 12.1. The SMILES string of the molecule is CC(C)[C@@H](C)/C=C/[C@@H](C)[C@H]1CC[C@H]2C3=CC=C4C[C@@H](O)C=C[C@@]4(C)[C@@H]3CC[C@]12C. The summed E-state index contributed by atoms with van der Waals surface area (Å²) < 4.78 is 0. The largest absolute Gasteiger partial charge is 0.389 e. The topological polar surface area (TPSA) is 20.2 Å². The molecule has 4 aliphatic carbocycles. The number of allylic oxidation sites excluding steroid dienone is 6. The Morgan fingerprint density at radius 1 is 1.00 bits per heavy atom. The lowest BCUT2D eigenvalue weighted by atomic mass is 9.51. The van der Waals surface area contributed by atoms with Crippen LogP contribution in [0, 0.1) is 46.3 Å². The first-order chi connectivity index (χ1) is 13.7. The van der Waals surface area contributed by atoms with E-state index >= 15 is 0 Å². The lowest BCUT2D eigenvalue weighted by Crippen LogP contribution is -2.45. The highest BCUT2D eigenvalue weighted by atomic mass is 16.3. The molecule has 29 heavy (non-hydrogen) atoms. The van der Waals surface area contributed by atoms with Gasteiger partial charge in [-0.25, -0.2) is 0 Å². The molecule has 1 nitrogen and oxygen atoms in total. The molecule has 0 spiro atoms. The van der Waals surface area contributed by atoms with E-state index in [1.807, 2.05) is 6.08 Å². The number of rotatable bonds is 4. The summed E-state index contributed by atoms with van der Waals surface area (Å²) in [5.41, 5.74) is 3.73. The number of aliphatic hydroxyl groups is 1. The van der Waals surface area contributed by atoms with Gasteiger partial charge in [-0.3, -0.25) is 0 Å². The summed E-state index contributed by atoms with van der Waals surface area (Å²) in [6.45, 7) is 14.5. The van der Waals surface area contributed by atoms with Crippen LogP contribution in [-0.2, 0) is 0 Å². The number of aliphatic hydroxyl groups excluding tert-OH is 1. The third-order valence-electron chi connectivity index (χ3n) is 9.58. The van der Waals surface area contributed by atoms with E-state index in [-0.39, 0.29) is 11.5 Å². The summed E-state index contributed by atoms with van der Waals surface area (Å²) in [6, 6.07) is 0. The molecule has 0 unspecified atom stereocenters. The molecule has 4 rings (SSSR count). The molecule has 1 N–H and O–H groups in total. The van der Waals surface area contributed by atoms with Crippen LogP contribution in [0.15, 0.2) is 47.6 Å². The van der Waals surface area contributed by atoms with Crippen LogP contribution in [0.5, 0.6) is 0 Å². The van der Waals surface area contributed by atoms with E-state index in [1.165, 1.54) is 31.3 Å². The standard InChI is InChI=1S/C28H42O/c1-18(2)19(3)7-8-20(4)24-11-12-25-23-10-9-21-17-22(29)13-15-27(21,5)26(23)14-16-28(24,25)6/h7-10,13,15,18-20,22,24-26,29H,11-12,14,16-17H2,1-6H3/b8-7+/t19-,20+,22-,24+,25-,26+,27+,28+/m0/s1. The Morgan fingerprint density at radius 3 is 2.48 bits per heavy atom. The minimum atomic E-state index is -0.296. The van der Waals surface area contributed by atoms with Crippen molar-refractivity contribution in [3.8, 4) is 0 Å². The van der Waals surface area contributed by atoms with Gasteiger partial charge in [0.25, 0.3) is 0 Å². The highest BCUT2D eigenvalue weighted by molar-refractivity contribution is 5.42. The monoisotopic (exact) mass is 394 g/mol. The van der Waals surface area contributed by atoms with Crippen LogP contribution < -0.4 is 0 Å². The summed E-state index contributed by atoms with van der Waals surface area (Å²) in [5.74, 6) is 4.22. The average Bonchev–Trinajstić information content (AvgIpc) is 3.03. The minimum Gasteiger partial charge on any atom is -0.389 e. The molecule has 8 atom stereocenters. The quantitative estimate of drug-likeness (QED) is 0.504. The highest BCUT2D eigenvalue weighted by Crippen LogP contribution is 2.65. The van der Waals surface area contributed by atoms with Crippen molar-refractivity contribution in [3.63, 3.8) is 0 Å². The maximum Gasteiger partial charge on any atom is 0.0758 e. The fourth-order valence-electron chi connectivity index (χ4n) is 7.20. The summed E-state index contributed by atoms with van der Waals surface area (Å²) in [5, 5.41) is 10.1. The van der Waals surface area contributed by atoms with E-state index in [9.17, 15) is 5.11 Å². The highest BCUT2D eigenvalue weighted by Gasteiger charge is 2.56. The average molecular weight is 395 g/mol. The van der Waals surface area contributed by atoms with Crippen LogP contribution in [0.2, 0.25) is 0 Å². The lowest BCUT2D eigenvalue weighted by molar-refractivity contribution is 0.0713. The Hall–Kier alpha value is -1.08. The molecule has 0 heterocycles. The fraction of sp³-hybridized carbons (Fsp3) is 0.714. The van der Waals surface area contributed by atoms with Gasteiger partial charge in [0.05, 0.1) is 6.10 Å². The van der Waals surface area contributed by atoms with Crippen molar-refractivity contribution >= 4 is 0 Å². The van der Waals surface area contributed by atoms with Crippen molar-refractivity contribution < 1.29 is 5.11 Å². The molecule has 0 aromatic carbocycles. The van der Waals surface area contributed by atoms with Gasteiger partial charge in [0.2, 0.25) is 0 Å². The second-order valence-electron chi connectivity index (χ2n) is 11.5. The third-order valence-corrected chi connectivity index (χ3v) is 9.58. The molecular weight excluding hydrogens is 352 g/mol. The first kappa shape index (κ1) is 21.2. The molecule has 0 saturated heterocycles. The van der Waals surface area contributed by atoms with Gasteiger partial charge in [0, 0.05) is 5.41 Å². The zero-order valence-electron chi connectivity index (χ0n) is 19.5. The second-order valence-corrected chi connectivity index (χ2v) is 11.5. The van der Waals surface area contributed by atoms with Crippen molar-refractivity contribution in [2.75, 3.05) is 0 Å². The summed E-state index contributed by atoms with van der Waals surface area (Å²) in [4.78, 5) is 0. The fourth-order valence-corrected chi connectivity index (χ4v) is 7.20. The zero-order valence-corrected chi connectivity index (χ0v) is 19.5. The minimum absolute atomic E-state index is 0.126. The van der Waals surface area contributed by atoms with Crippen LogP contribution in [0.1, 0.15) is 73.6 Å². The lowest BCUT2D eigenvalue weighted by Gasteiger charge is -2.53. The molecule has 1 heteroatoms. The molecule has 2 saturated carbocycles. The smallest absolute Gasteiger partial charge is 0.0758 e. The Labute approximate surface area is 179 Å². The zero-order chi connectivity index (χ0) is 21.0. The van der Waals surface area contributed by atoms with Crippen LogP contribution in [-0.4, -0.2) is 11.2 Å². The molecule has 0 radical (unpaired) electrons. The molecule has 160 valence electrons. The molecule has 0 bridgehead atoms. The van der Waals surface area contributed by atoms with Gasteiger partial charge in [-0.05, 0) is 73.0 Å². The number of fused-ring (bicyclic) bond motifs is 5. The number of hydrogen-bond acceptors (Lipinski definition) is 1. The first-order valence-electron chi connectivity index (χ1n) is 12.1. The van der Waals surface area contributed by atoms with Crippen LogP contribution >= 0.6 is 0 Å². The van der Waals surface area contributed by atoms with E-state index in [2.05, 4.69) is 71.9 Å². The molecule has 0 amide bonds. The van der Waals surface area contributed by atoms with E-state index in [1.54, 1.807) is 5.57 Å². The van der Waals surface area contributed by atoms with Crippen LogP contribution in [0.4, 0.5) is 0 Å². The number of hydrogen-bond donors (Lipinski definition) is 1. The Kier molecular flexibility index (Phi) is 5.52. The summed E-state index contributed by atoms with van der Waals surface area (Å²) >= 11 is 0. The van der Waals surface area contributed by atoms with Crippen molar-refractivity contribution in [2.24, 2.45) is 46.3 Å².